The number of carboxylic acids is 2. The lowest BCUT2D eigenvalue weighted by Gasteiger charge is -2.27. The van der Waals surface area contributed by atoms with Crippen LogP contribution in [0.25, 0.3) is 0 Å². The minimum absolute atomic E-state index is 0.0592. The van der Waals surface area contributed by atoms with Crippen molar-refractivity contribution in [3.8, 4) is 0 Å². The first-order chi connectivity index (χ1) is 13.6. The van der Waals surface area contributed by atoms with E-state index in [9.17, 15) is 29.1 Å². The molecule has 1 aliphatic heterocycles. The second kappa shape index (κ2) is 11.3. The molecule has 1 rings (SSSR count). The highest BCUT2D eigenvalue weighted by atomic mass is 16.4. The molecule has 4 atom stereocenters. The summed E-state index contributed by atoms with van der Waals surface area (Å²) in [4.78, 5) is 60.1. The number of carbonyl (C=O) groups excluding carboxylic acids is 3. The van der Waals surface area contributed by atoms with Gasteiger partial charge in [-0.1, -0.05) is 20.3 Å². The molecule has 0 saturated carbocycles. The molecular weight excluding hydrogens is 384 g/mol. The number of nitrogens with one attached hydrogen (secondary N) is 2. The van der Waals surface area contributed by atoms with E-state index in [0.717, 1.165) is 0 Å². The Hall–Kier alpha value is -2.69. The monoisotopic (exact) mass is 414 g/mol. The topological polar surface area (TPSA) is 179 Å². The molecule has 0 radical (unpaired) electrons. The molecule has 1 heterocycles. The van der Waals surface area contributed by atoms with E-state index in [2.05, 4.69) is 10.6 Å². The summed E-state index contributed by atoms with van der Waals surface area (Å²) in [5, 5.41) is 22.8. The molecule has 0 aliphatic carbocycles. The molecular formula is C18H30N4O7. The van der Waals surface area contributed by atoms with Crippen LogP contribution in [0.5, 0.6) is 0 Å². The second-order valence-corrected chi connectivity index (χ2v) is 7.21. The molecule has 164 valence electrons. The van der Waals surface area contributed by atoms with Gasteiger partial charge in [0.05, 0.1) is 12.6 Å². The van der Waals surface area contributed by atoms with Crippen LogP contribution in [0.4, 0.5) is 0 Å². The smallest absolute Gasteiger partial charge is 0.326 e. The fourth-order valence-electron chi connectivity index (χ4n) is 3.08. The van der Waals surface area contributed by atoms with Crippen LogP contribution in [0.1, 0.15) is 46.0 Å². The number of likely N-dealkylation sites (tertiary alicyclic amines) is 1. The molecule has 1 fully saturated rings. The van der Waals surface area contributed by atoms with Crippen LogP contribution < -0.4 is 16.4 Å². The van der Waals surface area contributed by atoms with Crippen molar-refractivity contribution >= 4 is 29.7 Å². The van der Waals surface area contributed by atoms with Gasteiger partial charge in [-0.25, -0.2) is 4.79 Å². The van der Waals surface area contributed by atoms with E-state index in [0.29, 0.717) is 25.8 Å². The summed E-state index contributed by atoms with van der Waals surface area (Å²) in [5.74, 6) is -4.15. The highest BCUT2D eigenvalue weighted by Crippen LogP contribution is 2.18. The predicted octanol–water partition coefficient (Wildman–Crippen LogP) is -1.10. The molecule has 1 aliphatic rings. The van der Waals surface area contributed by atoms with Crippen molar-refractivity contribution in [3.63, 3.8) is 0 Å². The number of aliphatic carboxylic acids is 2. The van der Waals surface area contributed by atoms with Gasteiger partial charge in [-0.3, -0.25) is 19.2 Å². The zero-order valence-electron chi connectivity index (χ0n) is 16.7. The maximum Gasteiger partial charge on any atom is 0.326 e. The number of hydrogen-bond acceptors (Lipinski definition) is 6. The van der Waals surface area contributed by atoms with Crippen LogP contribution in [0.15, 0.2) is 0 Å². The molecule has 0 aromatic carbocycles. The molecule has 11 heteroatoms. The SMILES string of the molecule is CCC(C)C(NC(=O)C1CCCN1C(=O)CNC(=O)C(N)CCC(=O)O)C(=O)O. The Labute approximate surface area is 169 Å². The van der Waals surface area contributed by atoms with E-state index < -0.39 is 47.8 Å². The van der Waals surface area contributed by atoms with Gasteiger partial charge < -0.3 is 31.5 Å². The maximum atomic E-state index is 12.6. The lowest BCUT2D eigenvalue weighted by molar-refractivity contribution is -0.145. The molecule has 0 bridgehead atoms. The van der Waals surface area contributed by atoms with Crippen LogP contribution >= 0.6 is 0 Å². The molecule has 0 aromatic heterocycles. The van der Waals surface area contributed by atoms with E-state index in [1.165, 1.54) is 4.90 Å². The fraction of sp³-hybridized carbons (Fsp3) is 0.722. The molecule has 6 N–H and O–H groups in total. The lowest BCUT2D eigenvalue weighted by Crippen LogP contribution is -2.54. The third-order valence-electron chi connectivity index (χ3n) is 5.07. The van der Waals surface area contributed by atoms with E-state index in [4.69, 9.17) is 10.8 Å². The van der Waals surface area contributed by atoms with Gasteiger partial charge in [-0.2, -0.15) is 0 Å². The van der Waals surface area contributed by atoms with Gasteiger partial charge in [0.15, 0.2) is 0 Å². The van der Waals surface area contributed by atoms with Crippen molar-refractivity contribution in [1.29, 1.82) is 0 Å². The number of carbonyl (C=O) groups is 5. The van der Waals surface area contributed by atoms with Crippen molar-refractivity contribution in [3.05, 3.63) is 0 Å². The number of nitrogens with zero attached hydrogens (tertiary/aromatic N) is 1. The van der Waals surface area contributed by atoms with Crippen molar-refractivity contribution in [2.24, 2.45) is 11.7 Å². The average molecular weight is 414 g/mol. The van der Waals surface area contributed by atoms with Crippen LogP contribution in [0, 0.1) is 5.92 Å². The molecule has 3 amide bonds. The summed E-state index contributed by atoms with van der Waals surface area (Å²) in [6, 6.07) is -2.90. The Morgan fingerprint density at radius 1 is 1.21 bits per heavy atom. The van der Waals surface area contributed by atoms with Gasteiger partial charge in [0, 0.05) is 13.0 Å². The minimum atomic E-state index is -1.13. The standard InChI is InChI=1S/C18H30N4O7/c1-3-10(2)15(18(28)29)21-17(27)12-5-4-8-22(12)13(23)9-20-16(26)11(19)6-7-14(24)25/h10-12,15H,3-9,19H2,1-2H3,(H,20,26)(H,21,27)(H,24,25)(H,28,29). The van der Waals surface area contributed by atoms with Gasteiger partial charge in [0.25, 0.3) is 0 Å². The summed E-state index contributed by atoms with van der Waals surface area (Å²) < 4.78 is 0. The molecule has 11 nitrogen and oxygen atoms in total. The van der Waals surface area contributed by atoms with Gasteiger partial charge >= 0.3 is 11.9 Å². The average Bonchev–Trinajstić information content (AvgIpc) is 3.16. The van der Waals surface area contributed by atoms with Crippen LogP contribution in [-0.2, 0) is 24.0 Å². The van der Waals surface area contributed by atoms with Crippen molar-refractivity contribution < 1.29 is 34.2 Å². The fourth-order valence-corrected chi connectivity index (χ4v) is 3.08. The number of rotatable bonds is 11. The largest absolute Gasteiger partial charge is 0.481 e. The zero-order valence-corrected chi connectivity index (χ0v) is 16.7. The van der Waals surface area contributed by atoms with Crippen molar-refractivity contribution in [1.82, 2.24) is 15.5 Å². The summed E-state index contributed by atoms with van der Waals surface area (Å²) in [6.07, 6.45) is 1.22. The highest BCUT2D eigenvalue weighted by molar-refractivity contribution is 5.93. The summed E-state index contributed by atoms with van der Waals surface area (Å²) in [6.45, 7) is 3.48. The minimum Gasteiger partial charge on any atom is -0.481 e. The van der Waals surface area contributed by atoms with Crippen LogP contribution in [0.2, 0.25) is 0 Å². The Balaban J connectivity index is 2.62. The summed E-state index contributed by atoms with van der Waals surface area (Å²) in [5.41, 5.74) is 5.59. The van der Waals surface area contributed by atoms with Crippen molar-refractivity contribution in [2.45, 2.75) is 64.1 Å². The quantitative estimate of drug-likeness (QED) is 0.283. The number of hydrogen-bond donors (Lipinski definition) is 5. The zero-order chi connectivity index (χ0) is 22.1. The Kier molecular flexibility index (Phi) is 9.53. The molecule has 0 spiro atoms. The Morgan fingerprint density at radius 3 is 2.41 bits per heavy atom. The molecule has 1 saturated heterocycles. The van der Waals surface area contributed by atoms with Crippen LogP contribution in [0.3, 0.4) is 0 Å². The first-order valence-electron chi connectivity index (χ1n) is 9.66. The predicted molar refractivity (Wildman–Crippen MR) is 102 cm³/mol. The van der Waals surface area contributed by atoms with Gasteiger partial charge in [-0.15, -0.1) is 0 Å². The Bertz CT molecular complexity index is 640. The van der Waals surface area contributed by atoms with E-state index >= 15 is 0 Å². The maximum absolute atomic E-state index is 12.6. The normalized spacial score (nSPS) is 19.1. The number of nitrogens with two attached hydrogens (primary N) is 1. The second-order valence-electron chi connectivity index (χ2n) is 7.21. The number of amides is 3. The number of carboxylic acid groups (broad SMARTS) is 2. The van der Waals surface area contributed by atoms with Gasteiger partial charge in [0.2, 0.25) is 17.7 Å². The molecule has 0 aromatic rings. The molecule has 29 heavy (non-hydrogen) atoms. The van der Waals surface area contributed by atoms with E-state index in [-0.39, 0.29) is 25.3 Å². The van der Waals surface area contributed by atoms with E-state index in [1.807, 2.05) is 6.92 Å². The first-order valence-corrected chi connectivity index (χ1v) is 9.66. The molecule has 4 unspecified atom stereocenters. The Morgan fingerprint density at radius 2 is 1.86 bits per heavy atom. The third-order valence-corrected chi connectivity index (χ3v) is 5.07. The summed E-state index contributed by atoms with van der Waals surface area (Å²) >= 11 is 0. The van der Waals surface area contributed by atoms with Gasteiger partial charge in [-0.05, 0) is 25.2 Å². The summed E-state index contributed by atoms with van der Waals surface area (Å²) in [7, 11) is 0. The van der Waals surface area contributed by atoms with Gasteiger partial charge in [0.1, 0.15) is 12.1 Å². The third kappa shape index (κ3) is 7.33. The van der Waals surface area contributed by atoms with Crippen molar-refractivity contribution in [2.75, 3.05) is 13.1 Å². The van der Waals surface area contributed by atoms with Crippen LogP contribution in [-0.4, -0.2) is 76.0 Å². The highest BCUT2D eigenvalue weighted by Gasteiger charge is 2.36. The first kappa shape index (κ1) is 24.3. The van der Waals surface area contributed by atoms with E-state index in [1.54, 1.807) is 6.92 Å². The lowest BCUT2D eigenvalue weighted by atomic mass is 9.99.